The maximum absolute atomic E-state index is 12.5. The van der Waals surface area contributed by atoms with Crippen LogP contribution in [-0.4, -0.2) is 5.91 Å². The van der Waals surface area contributed by atoms with Crippen molar-refractivity contribution >= 4 is 12.0 Å². The maximum atomic E-state index is 12.5. The Morgan fingerprint density at radius 2 is 1.48 bits per heavy atom. The van der Waals surface area contributed by atoms with Gasteiger partial charge in [-0.2, -0.15) is 0 Å². The van der Waals surface area contributed by atoms with E-state index in [1.807, 2.05) is 86.6 Å². The molecule has 0 saturated heterocycles. The molecular weight excluding hydrogens is 310 g/mol. The fraction of sp³-hybridized carbons (Fsp3) is 0.136. The molecule has 0 unspecified atom stereocenters. The van der Waals surface area contributed by atoms with Gasteiger partial charge < -0.3 is 9.73 Å². The molecule has 0 atom stereocenters. The topological polar surface area (TPSA) is 42.2 Å². The van der Waals surface area contributed by atoms with Crippen LogP contribution in [0.5, 0.6) is 0 Å². The van der Waals surface area contributed by atoms with Crippen molar-refractivity contribution in [3.05, 3.63) is 102 Å². The molecule has 3 rings (SSSR count). The molecule has 0 saturated carbocycles. The summed E-state index contributed by atoms with van der Waals surface area (Å²) in [5, 5.41) is 3.14. The molecule has 2 aromatic carbocycles. The summed E-state index contributed by atoms with van der Waals surface area (Å²) >= 11 is 0. The minimum atomic E-state index is -0.622. The number of rotatable bonds is 5. The van der Waals surface area contributed by atoms with Crippen LogP contribution < -0.4 is 5.32 Å². The Bertz CT molecular complexity index is 824. The second-order valence-electron chi connectivity index (χ2n) is 6.13. The fourth-order valence-electron chi connectivity index (χ4n) is 2.84. The lowest BCUT2D eigenvalue weighted by Crippen LogP contribution is -2.43. The lowest BCUT2D eigenvalue weighted by Gasteiger charge is -2.31. The minimum Gasteiger partial charge on any atom is -0.462 e. The Balaban J connectivity index is 1.88. The highest BCUT2D eigenvalue weighted by molar-refractivity contribution is 5.92. The molecule has 1 heterocycles. The summed E-state index contributed by atoms with van der Waals surface area (Å²) in [6.07, 6.45) is 3.18. The number of amides is 1. The van der Waals surface area contributed by atoms with Crippen molar-refractivity contribution < 1.29 is 9.21 Å². The number of hydrogen-bond acceptors (Lipinski definition) is 2. The summed E-state index contributed by atoms with van der Waals surface area (Å²) in [5.74, 6) is 1.30. The predicted octanol–water partition coefficient (Wildman–Crippen LogP) is 4.68. The number of furan rings is 1. The molecule has 3 heteroatoms. The van der Waals surface area contributed by atoms with E-state index in [2.05, 4.69) is 5.32 Å². The normalized spacial score (nSPS) is 11.6. The second kappa shape index (κ2) is 7.22. The number of carbonyl (C=O) groups is 1. The van der Waals surface area contributed by atoms with Crippen molar-refractivity contribution in [1.82, 2.24) is 5.32 Å². The minimum absolute atomic E-state index is 0.177. The molecular formula is C22H21NO2. The molecule has 0 radical (unpaired) electrons. The van der Waals surface area contributed by atoms with Crippen molar-refractivity contribution in [3.63, 3.8) is 0 Å². The molecule has 1 aromatic heterocycles. The van der Waals surface area contributed by atoms with Crippen LogP contribution in [0.4, 0.5) is 0 Å². The van der Waals surface area contributed by atoms with Crippen LogP contribution in [0.25, 0.3) is 6.08 Å². The van der Waals surface area contributed by atoms with Crippen LogP contribution in [-0.2, 0) is 10.3 Å². The SMILES string of the molecule is Cc1ccc(/C=C/C(=O)NC(C)(c2ccccc2)c2ccccc2)o1. The van der Waals surface area contributed by atoms with E-state index < -0.39 is 5.54 Å². The monoisotopic (exact) mass is 331 g/mol. The second-order valence-corrected chi connectivity index (χ2v) is 6.13. The van der Waals surface area contributed by atoms with Crippen LogP contribution >= 0.6 is 0 Å². The van der Waals surface area contributed by atoms with Crippen molar-refractivity contribution in [2.75, 3.05) is 0 Å². The van der Waals surface area contributed by atoms with Crippen LogP contribution in [0.1, 0.15) is 29.6 Å². The number of benzene rings is 2. The van der Waals surface area contributed by atoms with E-state index in [4.69, 9.17) is 4.42 Å². The van der Waals surface area contributed by atoms with Gasteiger partial charge in [-0.25, -0.2) is 0 Å². The maximum Gasteiger partial charge on any atom is 0.245 e. The Kier molecular flexibility index (Phi) is 4.85. The molecule has 1 N–H and O–H groups in total. The summed E-state index contributed by atoms with van der Waals surface area (Å²) in [6, 6.07) is 23.6. The zero-order valence-corrected chi connectivity index (χ0v) is 14.4. The largest absolute Gasteiger partial charge is 0.462 e. The van der Waals surface area contributed by atoms with E-state index in [-0.39, 0.29) is 5.91 Å². The van der Waals surface area contributed by atoms with Gasteiger partial charge in [0.2, 0.25) is 5.91 Å². The average Bonchev–Trinajstić information content (AvgIpc) is 3.07. The third kappa shape index (κ3) is 3.89. The Labute approximate surface area is 148 Å². The molecule has 3 nitrogen and oxygen atoms in total. The van der Waals surface area contributed by atoms with E-state index >= 15 is 0 Å². The number of hydrogen-bond donors (Lipinski definition) is 1. The van der Waals surface area contributed by atoms with Crippen molar-refractivity contribution in [1.29, 1.82) is 0 Å². The van der Waals surface area contributed by atoms with Gasteiger partial charge in [0.25, 0.3) is 0 Å². The number of aryl methyl sites for hydroxylation is 1. The van der Waals surface area contributed by atoms with E-state index in [0.717, 1.165) is 16.9 Å². The third-order valence-corrected chi connectivity index (χ3v) is 4.24. The number of nitrogens with one attached hydrogen (secondary N) is 1. The molecule has 0 aliphatic rings. The van der Waals surface area contributed by atoms with Gasteiger partial charge in [0.1, 0.15) is 11.5 Å². The van der Waals surface area contributed by atoms with Gasteiger partial charge in [-0.15, -0.1) is 0 Å². The van der Waals surface area contributed by atoms with Crippen molar-refractivity contribution in [3.8, 4) is 0 Å². The van der Waals surface area contributed by atoms with E-state index in [1.54, 1.807) is 6.08 Å². The van der Waals surface area contributed by atoms with Gasteiger partial charge in [-0.05, 0) is 43.2 Å². The Morgan fingerprint density at radius 3 is 1.96 bits per heavy atom. The summed E-state index contributed by atoms with van der Waals surface area (Å²) in [5.41, 5.74) is 1.43. The van der Waals surface area contributed by atoms with Gasteiger partial charge in [0.15, 0.2) is 0 Å². The Morgan fingerprint density at radius 1 is 0.920 bits per heavy atom. The smallest absolute Gasteiger partial charge is 0.245 e. The summed E-state index contributed by atoms with van der Waals surface area (Å²) in [7, 11) is 0. The van der Waals surface area contributed by atoms with E-state index in [0.29, 0.717) is 5.76 Å². The highest BCUT2D eigenvalue weighted by Gasteiger charge is 2.29. The van der Waals surface area contributed by atoms with Crippen molar-refractivity contribution in [2.24, 2.45) is 0 Å². The molecule has 0 aliphatic carbocycles. The quantitative estimate of drug-likeness (QED) is 0.690. The summed E-state index contributed by atoms with van der Waals surface area (Å²) < 4.78 is 5.47. The van der Waals surface area contributed by atoms with Gasteiger partial charge in [0, 0.05) is 6.08 Å². The predicted molar refractivity (Wildman–Crippen MR) is 100.0 cm³/mol. The highest BCUT2D eigenvalue weighted by Crippen LogP contribution is 2.29. The molecule has 25 heavy (non-hydrogen) atoms. The zero-order chi connectivity index (χ0) is 17.7. The molecule has 0 bridgehead atoms. The first kappa shape index (κ1) is 16.8. The summed E-state index contributed by atoms with van der Waals surface area (Å²) in [4.78, 5) is 12.5. The molecule has 3 aromatic rings. The van der Waals surface area contributed by atoms with Crippen LogP contribution in [0.15, 0.2) is 83.3 Å². The van der Waals surface area contributed by atoms with Crippen molar-refractivity contribution in [2.45, 2.75) is 19.4 Å². The first-order chi connectivity index (χ1) is 12.1. The lowest BCUT2D eigenvalue weighted by atomic mass is 9.84. The lowest BCUT2D eigenvalue weighted by molar-refractivity contribution is -0.117. The molecule has 126 valence electrons. The van der Waals surface area contributed by atoms with Crippen LogP contribution in [0, 0.1) is 6.92 Å². The highest BCUT2D eigenvalue weighted by atomic mass is 16.3. The first-order valence-electron chi connectivity index (χ1n) is 8.26. The number of carbonyl (C=O) groups excluding carboxylic acids is 1. The fourth-order valence-corrected chi connectivity index (χ4v) is 2.84. The molecule has 0 aliphatic heterocycles. The third-order valence-electron chi connectivity index (χ3n) is 4.24. The Hall–Kier alpha value is -3.07. The van der Waals surface area contributed by atoms with Gasteiger partial charge >= 0.3 is 0 Å². The van der Waals surface area contributed by atoms with Gasteiger partial charge in [-0.1, -0.05) is 60.7 Å². The van der Waals surface area contributed by atoms with Gasteiger partial charge in [-0.3, -0.25) is 4.79 Å². The molecule has 0 fully saturated rings. The molecule has 0 spiro atoms. The standard InChI is InChI=1S/C22H21NO2/c1-17-13-14-20(25-17)15-16-21(24)23-22(2,18-9-5-3-6-10-18)19-11-7-4-8-12-19/h3-16H,1-2H3,(H,23,24)/b16-15+. The average molecular weight is 331 g/mol. The molecule has 1 amide bonds. The van der Waals surface area contributed by atoms with Crippen LogP contribution in [0.2, 0.25) is 0 Å². The summed E-state index contributed by atoms with van der Waals surface area (Å²) in [6.45, 7) is 3.89. The van der Waals surface area contributed by atoms with Crippen LogP contribution in [0.3, 0.4) is 0 Å². The van der Waals surface area contributed by atoms with Gasteiger partial charge in [0.05, 0.1) is 5.54 Å². The van der Waals surface area contributed by atoms with E-state index in [1.165, 1.54) is 6.08 Å². The zero-order valence-electron chi connectivity index (χ0n) is 14.4. The first-order valence-corrected chi connectivity index (χ1v) is 8.26. The van der Waals surface area contributed by atoms with E-state index in [9.17, 15) is 4.79 Å².